The summed E-state index contributed by atoms with van der Waals surface area (Å²) in [6.07, 6.45) is 1.74. The normalized spacial score (nSPS) is 10.6. The van der Waals surface area contributed by atoms with Crippen molar-refractivity contribution in [3.63, 3.8) is 0 Å². The minimum atomic E-state index is -0.138. The topological polar surface area (TPSA) is 54.9 Å². The predicted octanol–water partition coefficient (Wildman–Crippen LogP) is 5.32. The number of hydrogen-bond acceptors (Lipinski definition) is 5. The molecule has 0 bridgehead atoms. The second-order valence-electron chi connectivity index (χ2n) is 5.12. The fourth-order valence-corrected chi connectivity index (χ4v) is 4.14. The highest BCUT2D eigenvalue weighted by Gasteiger charge is 2.09. The van der Waals surface area contributed by atoms with Gasteiger partial charge in [0, 0.05) is 16.2 Å². The van der Waals surface area contributed by atoms with Crippen molar-refractivity contribution in [3.8, 4) is 0 Å². The van der Waals surface area contributed by atoms with Crippen LogP contribution in [0, 0.1) is 0 Å². The van der Waals surface area contributed by atoms with Gasteiger partial charge >= 0.3 is 0 Å². The lowest BCUT2D eigenvalue weighted by atomic mass is 10.2. The molecule has 25 heavy (non-hydrogen) atoms. The number of thiazole rings is 1. The zero-order valence-corrected chi connectivity index (χ0v) is 16.1. The van der Waals surface area contributed by atoms with Gasteiger partial charge in [-0.15, -0.1) is 11.3 Å². The highest BCUT2D eigenvalue weighted by molar-refractivity contribution is 8.00. The summed E-state index contributed by atoms with van der Waals surface area (Å²) < 4.78 is 0.927. The maximum Gasteiger partial charge on any atom is 0.230 e. The number of rotatable bonds is 6. The molecule has 0 unspecified atom stereocenters. The maximum absolute atomic E-state index is 12.1. The Balaban J connectivity index is 1.52. The standard InChI is InChI=1S/C17H13Cl2N3OS2/c18-12-3-1-2-11(6-12)9-24-17-22-14(10-25-17)7-16(23)21-13-4-5-15(19)20-8-13/h1-6,8,10H,7,9H2,(H,21,23). The van der Waals surface area contributed by atoms with E-state index >= 15 is 0 Å². The molecule has 0 spiro atoms. The van der Waals surface area contributed by atoms with Gasteiger partial charge in [-0.2, -0.15) is 0 Å². The van der Waals surface area contributed by atoms with Crippen molar-refractivity contribution in [1.29, 1.82) is 0 Å². The molecule has 1 amide bonds. The Bertz CT molecular complexity index is 868. The van der Waals surface area contributed by atoms with Crippen LogP contribution >= 0.6 is 46.3 Å². The fraction of sp³-hybridized carbons (Fsp3) is 0.118. The fourth-order valence-electron chi connectivity index (χ4n) is 2.03. The third kappa shape index (κ3) is 5.71. The number of benzene rings is 1. The Hall–Kier alpha value is -1.60. The first-order chi connectivity index (χ1) is 12.1. The Morgan fingerprint density at radius 1 is 1.24 bits per heavy atom. The largest absolute Gasteiger partial charge is 0.324 e. The number of aromatic nitrogens is 2. The van der Waals surface area contributed by atoms with E-state index in [1.54, 1.807) is 23.9 Å². The molecular formula is C17H13Cl2N3OS2. The smallest absolute Gasteiger partial charge is 0.230 e. The van der Waals surface area contributed by atoms with Crippen molar-refractivity contribution in [2.45, 2.75) is 16.5 Å². The van der Waals surface area contributed by atoms with E-state index in [4.69, 9.17) is 23.2 Å². The quantitative estimate of drug-likeness (QED) is 0.442. The lowest BCUT2D eigenvalue weighted by molar-refractivity contribution is -0.115. The van der Waals surface area contributed by atoms with Crippen LogP contribution in [0.4, 0.5) is 5.69 Å². The summed E-state index contributed by atoms with van der Waals surface area (Å²) in [7, 11) is 0. The first-order valence-electron chi connectivity index (χ1n) is 7.31. The Kier molecular flexibility index (Phi) is 6.31. The van der Waals surface area contributed by atoms with Gasteiger partial charge in [-0.05, 0) is 29.8 Å². The maximum atomic E-state index is 12.1. The SMILES string of the molecule is O=C(Cc1csc(SCc2cccc(Cl)c2)n1)Nc1ccc(Cl)nc1. The summed E-state index contributed by atoms with van der Waals surface area (Å²) in [6.45, 7) is 0. The van der Waals surface area contributed by atoms with Gasteiger partial charge in [-0.1, -0.05) is 47.1 Å². The number of nitrogens with one attached hydrogen (secondary N) is 1. The third-order valence-corrected chi connectivity index (χ3v) is 5.73. The van der Waals surface area contributed by atoms with E-state index in [1.165, 1.54) is 17.5 Å². The summed E-state index contributed by atoms with van der Waals surface area (Å²) in [5.41, 5.74) is 2.50. The molecule has 0 aliphatic carbocycles. The van der Waals surface area contributed by atoms with Crippen LogP contribution < -0.4 is 5.32 Å². The van der Waals surface area contributed by atoms with Crippen LogP contribution in [-0.4, -0.2) is 15.9 Å². The molecule has 1 N–H and O–H groups in total. The van der Waals surface area contributed by atoms with Crippen LogP contribution in [0.2, 0.25) is 10.2 Å². The molecule has 4 nitrogen and oxygen atoms in total. The average Bonchev–Trinajstić information content (AvgIpc) is 3.02. The van der Waals surface area contributed by atoms with E-state index in [9.17, 15) is 4.79 Å². The predicted molar refractivity (Wildman–Crippen MR) is 105 cm³/mol. The first kappa shape index (κ1) is 18.2. The summed E-state index contributed by atoms with van der Waals surface area (Å²) in [5, 5.41) is 5.79. The van der Waals surface area contributed by atoms with E-state index in [-0.39, 0.29) is 12.3 Å². The molecule has 0 aliphatic rings. The average molecular weight is 410 g/mol. The Labute approximate surface area is 163 Å². The molecule has 0 radical (unpaired) electrons. The minimum Gasteiger partial charge on any atom is -0.324 e. The number of amides is 1. The molecule has 128 valence electrons. The van der Waals surface area contributed by atoms with Crippen molar-refractivity contribution in [2.24, 2.45) is 0 Å². The molecule has 8 heteroatoms. The highest BCUT2D eigenvalue weighted by atomic mass is 35.5. The minimum absolute atomic E-state index is 0.138. The van der Waals surface area contributed by atoms with Crippen LogP contribution in [-0.2, 0) is 17.0 Å². The van der Waals surface area contributed by atoms with E-state index in [0.717, 1.165) is 26.4 Å². The number of pyridine rings is 1. The van der Waals surface area contributed by atoms with Crippen LogP contribution in [0.3, 0.4) is 0 Å². The lowest BCUT2D eigenvalue weighted by Gasteiger charge is -2.03. The van der Waals surface area contributed by atoms with Gasteiger partial charge in [0.05, 0.1) is 24.0 Å². The van der Waals surface area contributed by atoms with Crippen molar-refractivity contribution < 1.29 is 4.79 Å². The van der Waals surface area contributed by atoms with Crippen LogP contribution in [0.15, 0.2) is 52.3 Å². The summed E-state index contributed by atoms with van der Waals surface area (Å²) in [4.78, 5) is 20.5. The molecule has 3 rings (SSSR count). The molecular weight excluding hydrogens is 397 g/mol. The summed E-state index contributed by atoms with van der Waals surface area (Å²) >= 11 is 14.9. The van der Waals surface area contributed by atoms with E-state index in [2.05, 4.69) is 15.3 Å². The molecule has 0 saturated carbocycles. The number of hydrogen-bond donors (Lipinski definition) is 1. The van der Waals surface area contributed by atoms with Crippen molar-refractivity contribution in [2.75, 3.05) is 5.32 Å². The molecule has 0 atom stereocenters. The molecule has 0 fully saturated rings. The molecule has 0 aliphatic heterocycles. The molecule has 0 saturated heterocycles. The molecule has 1 aromatic carbocycles. The molecule has 3 aromatic rings. The zero-order chi connectivity index (χ0) is 17.6. The van der Waals surface area contributed by atoms with Crippen molar-refractivity contribution >= 4 is 57.9 Å². The van der Waals surface area contributed by atoms with Crippen molar-refractivity contribution in [3.05, 3.63) is 69.4 Å². The first-order valence-corrected chi connectivity index (χ1v) is 9.93. The summed E-state index contributed by atoms with van der Waals surface area (Å²) in [5.74, 6) is 0.650. The molecule has 2 aromatic heterocycles. The zero-order valence-electron chi connectivity index (χ0n) is 12.9. The monoisotopic (exact) mass is 409 g/mol. The highest BCUT2D eigenvalue weighted by Crippen LogP contribution is 2.27. The van der Waals surface area contributed by atoms with E-state index in [0.29, 0.717) is 10.8 Å². The van der Waals surface area contributed by atoms with Crippen LogP contribution in [0.25, 0.3) is 0 Å². The van der Waals surface area contributed by atoms with Gasteiger partial charge in [0.1, 0.15) is 9.49 Å². The summed E-state index contributed by atoms with van der Waals surface area (Å²) in [6, 6.07) is 11.1. The van der Waals surface area contributed by atoms with Crippen LogP contribution in [0.5, 0.6) is 0 Å². The van der Waals surface area contributed by atoms with Crippen molar-refractivity contribution in [1.82, 2.24) is 9.97 Å². The van der Waals surface area contributed by atoms with Gasteiger partial charge in [-0.3, -0.25) is 4.79 Å². The number of nitrogens with zero attached hydrogens (tertiary/aromatic N) is 2. The van der Waals surface area contributed by atoms with Crippen LogP contribution in [0.1, 0.15) is 11.3 Å². The van der Waals surface area contributed by atoms with Gasteiger partial charge < -0.3 is 5.32 Å². The van der Waals surface area contributed by atoms with E-state index < -0.39 is 0 Å². The third-order valence-electron chi connectivity index (χ3n) is 3.13. The molecule has 2 heterocycles. The number of thioether (sulfide) groups is 1. The van der Waals surface area contributed by atoms with Gasteiger partial charge in [0.2, 0.25) is 5.91 Å². The number of carbonyl (C=O) groups excluding carboxylic acids is 1. The van der Waals surface area contributed by atoms with E-state index in [1.807, 2.05) is 29.6 Å². The number of carbonyl (C=O) groups is 1. The Morgan fingerprint density at radius 2 is 2.12 bits per heavy atom. The van der Waals surface area contributed by atoms with Gasteiger partial charge in [0.25, 0.3) is 0 Å². The Morgan fingerprint density at radius 3 is 2.88 bits per heavy atom. The van der Waals surface area contributed by atoms with Gasteiger partial charge in [0.15, 0.2) is 0 Å². The van der Waals surface area contributed by atoms with Gasteiger partial charge in [-0.25, -0.2) is 9.97 Å². The number of anilines is 1. The second kappa shape index (κ2) is 8.67. The number of halogens is 2. The lowest BCUT2D eigenvalue weighted by Crippen LogP contribution is -2.14. The second-order valence-corrected chi connectivity index (χ2v) is 8.02.